The maximum absolute atomic E-state index is 10.3. The number of non-ortho nitro benzene ring substituents is 1. The van der Waals surface area contributed by atoms with Crippen LogP contribution >= 0.6 is 0 Å². The molecule has 0 saturated carbocycles. The van der Waals surface area contributed by atoms with Gasteiger partial charge >= 0.3 is 0 Å². The molecule has 0 aromatic heterocycles. The van der Waals surface area contributed by atoms with E-state index in [0.717, 1.165) is 6.29 Å². The van der Waals surface area contributed by atoms with E-state index in [0.29, 0.717) is 25.2 Å². The summed E-state index contributed by atoms with van der Waals surface area (Å²) in [5.41, 5.74) is 0.0373. The molecule has 0 bridgehead atoms. The maximum atomic E-state index is 10.3. The highest BCUT2D eigenvalue weighted by atomic mass is 16.6. The molecule has 0 atom stereocenters. The summed E-state index contributed by atoms with van der Waals surface area (Å²) in [6, 6.07) is 5.85. The van der Waals surface area contributed by atoms with Gasteiger partial charge in [0.25, 0.3) is 5.69 Å². The second-order valence-corrected chi connectivity index (χ2v) is 2.91. The van der Waals surface area contributed by atoms with Crippen LogP contribution in [0.5, 0.6) is 5.75 Å². The molecule has 0 fully saturated rings. The summed E-state index contributed by atoms with van der Waals surface area (Å²) in [6.07, 6.45) is 1.95. The predicted molar refractivity (Wildman–Crippen MR) is 53.9 cm³/mol. The molecule has 0 aliphatic rings. The van der Waals surface area contributed by atoms with Crippen LogP contribution in [0.2, 0.25) is 0 Å². The van der Waals surface area contributed by atoms with Crippen LogP contribution in [-0.2, 0) is 4.79 Å². The number of carbonyl (C=O) groups excluding carboxylic acids is 1. The number of ether oxygens (including phenoxy) is 1. The zero-order chi connectivity index (χ0) is 11.1. The number of carbonyl (C=O) groups is 1. The lowest BCUT2D eigenvalue weighted by Gasteiger charge is -2.03. The molecule has 0 aliphatic carbocycles. The van der Waals surface area contributed by atoms with E-state index < -0.39 is 4.92 Å². The first-order valence-corrected chi connectivity index (χ1v) is 4.55. The van der Waals surface area contributed by atoms with Gasteiger partial charge in [0.2, 0.25) is 0 Å². The van der Waals surface area contributed by atoms with Crippen LogP contribution in [0.25, 0.3) is 0 Å². The molecule has 0 aliphatic heterocycles. The van der Waals surface area contributed by atoms with Crippen LogP contribution in [-0.4, -0.2) is 17.8 Å². The van der Waals surface area contributed by atoms with Gasteiger partial charge in [-0.3, -0.25) is 10.1 Å². The fourth-order valence-electron chi connectivity index (χ4n) is 1.02. The number of benzene rings is 1. The molecule has 0 heterocycles. The fraction of sp³-hybridized carbons (Fsp3) is 0.300. The van der Waals surface area contributed by atoms with Crippen molar-refractivity contribution in [3.8, 4) is 5.75 Å². The van der Waals surface area contributed by atoms with Crippen molar-refractivity contribution in [1.29, 1.82) is 0 Å². The van der Waals surface area contributed by atoms with E-state index in [1.165, 1.54) is 12.1 Å². The van der Waals surface area contributed by atoms with Crippen molar-refractivity contribution in [1.82, 2.24) is 0 Å². The van der Waals surface area contributed by atoms with E-state index in [-0.39, 0.29) is 5.69 Å². The molecule has 80 valence electrons. The fourth-order valence-corrected chi connectivity index (χ4v) is 1.02. The highest BCUT2D eigenvalue weighted by molar-refractivity contribution is 5.49. The summed E-state index contributed by atoms with van der Waals surface area (Å²) in [7, 11) is 0. The molecule has 0 spiro atoms. The standard InChI is InChI=1S/C10H11NO4/c12-7-1-2-8-15-10-5-3-9(4-6-10)11(13)14/h3-7H,1-2,8H2. The summed E-state index contributed by atoms with van der Waals surface area (Å²) < 4.78 is 5.26. The largest absolute Gasteiger partial charge is 0.494 e. The van der Waals surface area contributed by atoms with Crippen molar-refractivity contribution in [2.45, 2.75) is 12.8 Å². The Morgan fingerprint density at radius 1 is 1.33 bits per heavy atom. The Morgan fingerprint density at radius 3 is 2.53 bits per heavy atom. The van der Waals surface area contributed by atoms with E-state index in [1.807, 2.05) is 0 Å². The molecule has 0 unspecified atom stereocenters. The van der Waals surface area contributed by atoms with Gasteiger partial charge in [0.1, 0.15) is 12.0 Å². The van der Waals surface area contributed by atoms with Crippen LogP contribution in [0.3, 0.4) is 0 Å². The number of nitrogens with zero attached hydrogens (tertiary/aromatic N) is 1. The summed E-state index contributed by atoms with van der Waals surface area (Å²) in [5, 5.41) is 10.3. The number of nitro groups is 1. The lowest BCUT2D eigenvalue weighted by molar-refractivity contribution is -0.384. The van der Waals surface area contributed by atoms with E-state index >= 15 is 0 Å². The SMILES string of the molecule is O=CCCCOc1ccc([N+](=O)[O-])cc1. The number of hydrogen-bond donors (Lipinski definition) is 0. The second-order valence-electron chi connectivity index (χ2n) is 2.91. The third-order valence-corrected chi connectivity index (χ3v) is 1.78. The first-order valence-electron chi connectivity index (χ1n) is 4.55. The third kappa shape index (κ3) is 3.76. The van der Waals surface area contributed by atoms with Gasteiger partial charge in [-0.1, -0.05) is 0 Å². The highest BCUT2D eigenvalue weighted by Crippen LogP contribution is 2.17. The number of hydrogen-bond acceptors (Lipinski definition) is 4. The first-order chi connectivity index (χ1) is 7.24. The van der Waals surface area contributed by atoms with Crippen molar-refractivity contribution >= 4 is 12.0 Å². The molecule has 1 aromatic carbocycles. The quantitative estimate of drug-likeness (QED) is 0.311. The first kappa shape index (κ1) is 11.2. The van der Waals surface area contributed by atoms with E-state index in [1.54, 1.807) is 12.1 Å². The molecule has 15 heavy (non-hydrogen) atoms. The lowest BCUT2D eigenvalue weighted by atomic mass is 10.3. The van der Waals surface area contributed by atoms with Gasteiger partial charge in [0.05, 0.1) is 11.5 Å². The average Bonchev–Trinajstić information content (AvgIpc) is 2.25. The third-order valence-electron chi connectivity index (χ3n) is 1.78. The Kier molecular flexibility index (Phi) is 4.28. The predicted octanol–water partition coefficient (Wildman–Crippen LogP) is 1.95. The number of nitro benzene ring substituents is 1. The summed E-state index contributed by atoms with van der Waals surface area (Å²) in [4.78, 5) is 19.9. The van der Waals surface area contributed by atoms with Crippen LogP contribution in [0.1, 0.15) is 12.8 Å². The molecular weight excluding hydrogens is 198 g/mol. The van der Waals surface area contributed by atoms with Crippen LogP contribution in [0.4, 0.5) is 5.69 Å². The molecule has 0 radical (unpaired) electrons. The Bertz CT molecular complexity index is 334. The molecule has 1 rings (SSSR count). The zero-order valence-corrected chi connectivity index (χ0v) is 8.09. The number of unbranched alkanes of at least 4 members (excludes halogenated alkanes) is 1. The smallest absolute Gasteiger partial charge is 0.269 e. The highest BCUT2D eigenvalue weighted by Gasteiger charge is 2.03. The molecule has 5 heteroatoms. The van der Waals surface area contributed by atoms with Gasteiger partial charge in [-0.2, -0.15) is 0 Å². The Labute approximate surface area is 86.8 Å². The molecule has 1 aromatic rings. The van der Waals surface area contributed by atoms with Crippen molar-refractivity contribution < 1.29 is 14.5 Å². The van der Waals surface area contributed by atoms with Gasteiger partial charge in [0.15, 0.2) is 0 Å². The lowest BCUT2D eigenvalue weighted by Crippen LogP contribution is -1.97. The van der Waals surface area contributed by atoms with Crippen LogP contribution in [0, 0.1) is 10.1 Å². The second kappa shape index (κ2) is 5.74. The van der Waals surface area contributed by atoms with Gasteiger partial charge in [-0.25, -0.2) is 0 Å². The molecule has 0 N–H and O–H groups in total. The maximum Gasteiger partial charge on any atom is 0.269 e. The number of rotatable bonds is 6. The Morgan fingerprint density at radius 2 is 2.00 bits per heavy atom. The van der Waals surface area contributed by atoms with E-state index in [4.69, 9.17) is 4.74 Å². The van der Waals surface area contributed by atoms with Gasteiger partial charge in [-0.05, 0) is 18.6 Å². The van der Waals surface area contributed by atoms with E-state index in [9.17, 15) is 14.9 Å². The van der Waals surface area contributed by atoms with Crippen LogP contribution in [0.15, 0.2) is 24.3 Å². The monoisotopic (exact) mass is 209 g/mol. The van der Waals surface area contributed by atoms with Crippen molar-refractivity contribution in [3.63, 3.8) is 0 Å². The normalized spacial score (nSPS) is 9.60. The molecule has 0 saturated heterocycles. The minimum absolute atomic E-state index is 0.0373. The van der Waals surface area contributed by atoms with Gasteiger partial charge < -0.3 is 9.53 Å². The summed E-state index contributed by atoms with van der Waals surface area (Å²) >= 11 is 0. The minimum Gasteiger partial charge on any atom is -0.494 e. The number of aldehydes is 1. The Balaban J connectivity index is 2.42. The molecule has 5 nitrogen and oxygen atoms in total. The van der Waals surface area contributed by atoms with Gasteiger partial charge in [-0.15, -0.1) is 0 Å². The van der Waals surface area contributed by atoms with Crippen LogP contribution < -0.4 is 4.74 Å². The zero-order valence-electron chi connectivity index (χ0n) is 8.09. The topological polar surface area (TPSA) is 69.4 Å². The summed E-state index contributed by atoms with van der Waals surface area (Å²) in [6.45, 7) is 0.441. The van der Waals surface area contributed by atoms with E-state index in [2.05, 4.69) is 0 Å². The minimum atomic E-state index is -0.462. The average molecular weight is 209 g/mol. The van der Waals surface area contributed by atoms with Crippen molar-refractivity contribution in [2.75, 3.05) is 6.61 Å². The van der Waals surface area contributed by atoms with Gasteiger partial charge in [0, 0.05) is 18.6 Å². The van der Waals surface area contributed by atoms with Crippen molar-refractivity contribution in [3.05, 3.63) is 34.4 Å². The Hall–Kier alpha value is -1.91. The van der Waals surface area contributed by atoms with Crippen molar-refractivity contribution in [2.24, 2.45) is 0 Å². The molecule has 0 amide bonds. The summed E-state index contributed by atoms with van der Waals surface area (Å²) in [5.74, 6) is 0.575. The molecular formula is C10H11NO4.